The Morgan fingerprint density at radius 1 is 1.28 bits per heavy atom. The molecule has 0 spiro atoms. The molecule has 2 unspecified atom stereocenters. The molecule has 0 bridgehead atoms. The molecule has 5 nitrogen and oxygen atoms in total. The van der Waals surface area contributed by atoms with Crippen molar-refractivity contribution in [1.29, 1.82) is 0 Å². The molecule has 2 atom stereocenters. The van der Waals surface area contributed by atoms with E-state index in [9.17, 15) is 14.7 Å². The lowest BCUT2D eigenvalue weighted by Gasteiger charge is -2.20. The number of aliphatic hydroxyl groups is 1. The highest BCUT2D eigenvalue weighted by Crippen LogP contribution is 2.32. The van der Waals surface area contributed by atoms with Gasteiger partial charge in [-0.15, -0.1) is 0 Å². The summed E-state index contributed by atoms with van der Waals surface area (Å²) in [6.07, 6.45) is 3.09. The lowest BCUT2D eigenvalue weighted by Crippen LogP contribution is -2.36. The van der Waals surface area contributed by atoms with Crippen molar-refractivity contribution in [1.82, 2.24) is 9.80 Å². The minimum absolute atomic E-state index is 0.0539. The Balaban J connectivity index is 1.56. The third-order valence-corrected chi connectivity index (χ3v) is 4.21. The van der Waals surface area contributed by atoms with Gasteiger partial charge in [0.1, 0.15) is 0 Å². The largest absolute Gasteiger partial charge is 0.391 e. The zero-order valence-electron chi connectivity index (χ0n) is 10.5. The second-order valence-electron chi connectivity index (χ2n) is 5.87. The molecule has 3 fully saturated rings. The van der Waals surface area contributed by atoms with Crippen molar-refractivity contribution >= 4 is 11.8 Å². The van der Waals surface area contributed by atoms with Crippen LogP contribution in [0.3, 0.4) is 0 Å². The molecule has 18 heavy (non-hydrogen) atoms. The summed E-state index contributed by atoms with van der Waals surface area (Å²) in [5, 5.41) is 9.45. The predicted molar refractivity (Wildman–Crippen MR) is 64.6 cm³/mol. The van der Waals surface area contributed by atoms with Gasteiger partial charge in [0.05, 0.1) is 12.0 Å². The molecule has 0 aromatic carbocycles. The van der Waals surface area contributed by atoms with E-state index in [0.717, 1.165) is 6.54 Å². The Hall–Kier alpha value is -1.10. The monoisotopic (exact) mass is 252 g/mol. The van der Waals surface area contributed by atoms with Gasteiger partial charge in [-0.25, -0.2) is 0 Å². The zero-order chi connectivity index (χ0) is 12.7. The average molecular weight is 252 g/mol. The minimum atomic E-state index is -0.381. The van der Waals surface area contributed by atoms with Gasteiger partial charge in [0, 0.05) is 32.6 Å². The highest BCUT2D eigenvalue weighted by molar-refractivity contribution is 5.89. The molecule has 1 aliphatic carbocycles. The number of β-amino-alcohol motifs (C(OH)–C–C–N with tert-alkyl or cyclic N) is 1. The summed E-state index contributed by atoms with van der Waals surface area (Å²) < 4.78 is 0. The van der Waals surface area contributed by atoms with Crippen LogP contribution in [0.1, 0.15) is 25.7 Å². The fraction of sp³-hybridized carbons (Fsp3) is 0.846. The highest BCUT2D eigenvalue weighted by atomic mass is 16.3. The van der Waals surface area contributed by atoms with E-state index in [4.69, 9.17) is 0 Å². The van der Waals surface area contributed by atoms with Crippen LogP contribution in [-0.2, 0) is 9.59 Å². The molecule has 0 aromatic heterocycles. The van der Waals surface area contributed by atoms with Crippen LogP contribution in [0, 0.1) is 11.8 Å². The first kappa shape index (κ1) is 12.0. The molecule has 2 heterocycles. The summed E-state index contributed by atoms with van der Waals surface area (Å²) in [7, 11) is 0. The van der Waals surface area contributed by atoms with Crippen LogP contribution in [0.5, 0.6) is 0 Å². The quantitative estimate of drug-likeness (QED) is 0.759. The number of rotatable bonds is 3. The van der Waals surface area contributed by atoms with Crippen LogP contribution in [0.2, 0.25) is 0 Å². The van der Waals surface area contributed by atoms with Gasteiger partial charge in [-0.1, -0.05) is 0 Å². The number of carbonyl (C=O) groups is 2. The number of hydrogen-bond acceptors (Lipinski definition) is 3. The van der Waals surface area contributed by atoms with E-state index in [2.05, 4.69) is 0 Å². The topological polar surface area (TPSA) is 60.9 Å². The van der Waals surface area contributed by atoms with E-state index in [1.54, 1.807) is 4.90 Å². The Bertz CT molecular complexity index is 367. The fourth-order valence-electron chi connectivity index (χ4n) is 2.93. The van der Waals surface area contributed by atoms with E-state index in [1.165, 1.54) is 12.8 Å². The average Bonchev–Trinajstić information content (AvgIpc) is 2.93. The maximum atomic E-state index is 12.2. The third-order valence-electron chi connectivity index (χ3n) is 4.21. The number of nitrogens with zero attached hydrogens (tertiary/aromatic N) is 2. The second kappa shape index (κ2) is 4.53. The normalized spacial score (nSPS) is 32.4. The van der Waals surface area contributed by atoms with E-state index >= 15 is 0 Å². The Labute approximate surface area is 107 Å². The molecular formula is C13H20N2O3. The number of likely N-dealkylation sites (tertiary alicyclic amines) is 2. The van der Waals surface area contributed by atoms with Crippen LogP contribution in [0.25, 0.3) is 0 Å². The van der Waals surface area contributed by atoms with Crippen molar-refractivity contribution in [2.24, 2.45) is 11.8 Å². The van der Waals surface area contributed by atoms with Gasteiger partial charge in [0.2, 0.25) is 11.8 Å². The first-order valence-corrected chi connectivity index (χ1v) is 6.88. The molecule has 100 valence electrons. The van der Waals surface area contributed by atoms with E-state index < -0.39 is 0 Å². The summed E-state index contributed by atoms with van der Waals surface area (Å²) in [6, 6.07) is 0. The van der Waals surface area contributed by atoms with Gasteiger partial charge < -0.3 is 14.9 Å². The van der Waals surface area contributed by atoms with Gasteiger partial charge in [-0.05, 0) is 25.2 Å². The van der Waals surface area contributed by atoms with E-state index in [0.29, 0.717) is 38.4 Å². The number of hydrogen-bond donors (Lipinski definition) is 1. The van der Waals surface area contributed by atoms with Gasteiger partial charge >= 0.3 is 0 Å². The molecule has 0 aromatic rings. The Morgan fingerprint density at radius 2 is 2.06 bits per heavy atom. The zero-order valence-corrected chi connectivity index (χ0v) is 10.5. The van der Waals surface area contributed by atoms with Crippen molar-refractivity contribution < 1.29 is 14.7 Å². The molecule has 3 aliphatic rings. The summed E-state index contributed by atoms with van der Waals surface area (Å²) in [4.78, 5) is 27.6. The van der Waals surface area contributed by atoms with Crippen LogP contribution in [0.4, 0.5) is 0 Å². The molecule has 1 saturated carbocycles. The summed E-state index contributed by atoms with van der Waals surface area (Å²) in [5.74, 6) is 0.677. The SMILES string of the molecule is O=C1CC(C(=O)N2CCC(O)C2)CN1CC1CC1. The van der Waals surface area contributed by atoms with E-state index in [1.807, 2.05) is 4.90 Å². The smallest absolute Gasteiger partial charge is 0.228 e. The lowest BCUT2D eigenvalue weighted by atomic mass is 10.1. The molecule has 2 aliphatic heterocycles. The van der Waals surface area contributed by atoms with Crippen molar-refractivity contribution in [3.63, 3.8) is 0 Å². The van der Waals surface area contributed by atoms with Gasteiger partial charge in [0.15, 0.2) is 0 Å². The van der Waals surface area contributed by atoms with Crippen LogP contribution in [-0.4, -0.2) is 59.0 Å². The molecule has 1 N–H and O–H groups in total. The van der Waals surface area contributed by atoms with Crippen molar-refractivity contribution in [2.75, 3.05) is 26.2 Å². The lowest BCUT2D eigenvalue weighted by molar-refractivity contribution is -0.135. The number of amides is 2. The first-order valence-electron chi connectivity index (χ1n) is 6.88. The van der Waals surface area contributed by atoms with Crippen LogP contribution >= 0.6 is 0 Å². The summed E-state index contributed by atoms with van der Waals surface area (Å²) in [5.41, 5.74) is 0. The van der Waals surface area contributed by atoms with Gasteiger partial charge in [-0.3, -0.25) is 9.59 Å². The molecule has 2 amide bonds. The number of carbonyl (C=O) groups excluding carboxylic acids is 2. The Kier molecular flexibility index (Phi) is 3.01. The maximum absolute atomic E-state index is 12.2. The molecule has 5 heteroatoms. The highest BCUT2D eigenvalue weighted by Gasteiger charge is 2.39. The minimum Gasteiger partial charge on any atom is -0.391 e. The standard InChI is InChI=1S/C13H20N2O3/c16-11-3-4-14(8-11)13(18)10-5-12(17)15(7-10)6-9-1-2-9/h9-11,16H,1-8H2. The molecule has 3 rings (SSSR count). The summed E-state index contributed by atoms with van der Waals surface area (Å²) in [6.45, 7) is 2.49. The predicted octanol–water partition coefficient (Wildman–Crippen LogP) is -0.162. The van der Waals surface area contributed by atoms with Gasteiger partial charge in [0.25, 0.3) is 0 Å². The fourth-order valence-corrected chi connectivity index (χ4v) is 2.93. The maximum Gasteiger partial charge on any atom is 0.228 e. The molecule has 0 radical (unpaired) electrons. The van der Waals surface area contributed by atoms with Crippen molar-refractivity contribution in [2.45, 2.75) is 31.8 Å². The molecule has 2 saturated heterocycles. The molecular weight excluding hydrogens is 232 g/mol. The van der Waals surface area contributed by atoms with Gasteiger partial charge in [-0.2, -0.15) is 0 Å². The second-order valence-corrected chi connectivity index (χ2v) is 5.87. The summed E-state index contributed by atoms with van der Waals surface area (Å²) >= 11 is 0. The van der Waals surface area contributed by atoms with Crippen LogP contribution < -0.4 is 0 Å². The van der Waals surface area contributed by atoms with Crippen LogP contribution in [0.15, 0.2) is 0 Å². The van der Waals surface area contributed by atoms with Crippen molar-refractivity contribution in [3.8, 4) is 0 Å². The first-order chi connectivity index (χ1) is 8.63. The number of aliphatic hydroxyl groups excluding tert-OH is 1. The van der Waals surface area contributed by atoms with E-state index in [-0.39, 0.29) is 23.8 Å². The Morgan fingerprint density at radius 3 is 2.67 bits per heavy atom. The third kappa shape index (κ3) is 2.36. The van der Waals surface area contributed by atoms with Crippen molar-refractivity contribution in [3.05, 3.63) is 0 Å².